The van der Waals surface area contributed by atoms with Crippen molar-refractivity contribution in [3.8, 4) is 5.75 Å². The van der Waals surface area contributed by atoms with Crippen molar-refractivity contribution < 1.29 is 17.9 Å². The highest BCUT2D eigenvalue weighted by Gasteiger charge is 2.26. The monoisotopic (exact) mass is 493 g/mol. The minimum Gasteiger partial charge on any atom is -0.489 e. The molecule has 0 spiro atoms. The number of hydrazone groups is 1. The molecule has 0 aliphatic rings. The van der Waals surface area contributed by atoms with Crippen LogP contribution in [0.5, 0.6) is 5.75 Å². The molecule has 3 rings (SSSR count). The summed E-state index contributed by atoms with van der Waals surface area (Å²) in [5.41, 5.74) is 5.24. The van der Waals surface area contributed by atoms with Crippen molar-refractivity contribution in [2.75, 3.05) is 0 Å². The van der Waals surface area contributed by atoms with Gasteiger partial charge in [-0.1, -0.05) is 61.9 Å². The van der Waals surface area contributed by atoms with E-state index in [0.29, 0.717) is 13.0 Å². The molecule has 35 heavy (non-hydrogen) atoms. The van der Waals surface area contributed by atoms with Crippen LogP contribution in [0.15, 0.2) is 88.9 Å². The number of rotatable bonds is 11. The van der Waals surface area contributed by atoms with Gasteiger partial charge < -0.3 is 4.74 Å². The van der Waals surface area contributed by atoms with Crippen molar-refractivity contribution in [2.45, 2.75) is 44.7 Å². The Morgan fingerprint density at radius 2 is 1.63 bits per heavy atom. The lowest BCUT2D eigenvalue weighted by Gasteiger charge is -2.19. The number of hydrogen-bond acceptors (Lipinski definition) is 5. The number of nitrogens with one attached hydrogen (secondary N) is 2. The van der Waals surface area contributed by atoms with Crippen LogP contribution in [-0.2, 0) is 21.4 Å². The topological polar surface area (TPSA) is 96.9 Å². The van der Waals surface area contributed by atoms with Crippen molar-refractivity contribution in [3.63, 3.8) is 0 Å². The van der Waals surface area contributed by atoms with Crippen LogP contribution < -0.4 is 14.9 Å². The van der Waals surface area contributed by atoms with Gasteiger partial charge in [0.1, 0.15) is 18.4 Å². The maximum absolute atomic E-state index is 12.8. The molecule has 7 nitrogen and oxygen atoms in total. The van der Waals surface area contributed by atoms with Crippen LogP contribution in [0, 0.1) is 12.8 Å². The Labute approximate surface area is 207 Å². The average molecular weight is 494 g/mol. The van der Waals surface area contributed by atoms with Gasteiger partial charge in [-0.3, -0.25) is 4.79 Å². The number of benzene rings is 3. The molecule has 0 unspecified atom stereocenters. The van der Waals surface area contributed by atoms with Gasteiger partial charge in [0.2, 0.25) is 10.0 Å². The van der Waals surface area contributed by atoms with Gasteiger partial charge in [0, 0.05) is 0 Å². The van der Waals surface area contributed by atoms with Crippen LogP contribution in [0.4, 0.5) is 0 Å². The van der Waals surface area contributed by atoms with Crippen LogP contribution in [0.3, 0.4) is 0 Å². The first kappa shape index (κ1) is 26.1. The lowest BCUT2D eigenvalue weighted by atomic mass is 10.0. The van der Waals surface area contributed by atoms with Crippen LogP contribution in [0.25, 0.3) is 0 Å². The van der Waals surface area contributed by atoms with E-state index in [4.69, 9.17) is 4.74 Å². The molecule has 0 aromatic heterocycles. The second-order valence-electron chi connectivity index (χ2n) is 8.69. The number of carbonyl (C=O) groups is 1. The third-order valence-electron chi connectivity index (χ3n) is 5.17. The van der Waals surface area contributed by atoms with Crippen molar-refractivity contribution in [3.05, 3.63) is 95.6 Å². The van der Waals surface area contributed by atoms with Gasteiger partial charge in [-0.15, -0.1) is 0 Å². The first-order valence-electron chi connectivity index (χ1n) is 11.4. The first-order valence-corrected chi connectivity index (χ1v) is 12.9. The van der Waals surface area contributed by atoms with Crippen molar-refractivity contribution in [1.29, 1.82) is 0 Å². The molecule has 0 aliphatic carbocycles. The van der Waals surface area contributed by atoms with Gasteiger partial charge in [-0.05, 0) is 66.8 Å². The molecule has 3 aromatic carbocycles. The number of aryl methyl sites for hydroxylation is 1. The summed E-state index contributed by atoms with van der Waals surface area (Å²) >= 11 is 0. The lowest BCUT2D eigenvalue weighted by Crippen LogP contribution is -2.46. The maximum atomic E-state index is 12.8. The highest BCUT2D eigenvalue weighted by molar-refractivity contribution is 7.89. The van der Waals surface area contributed by atoms with E-state index in [-0.39, 0.29) is 10.8 Å². The fraction of sp³-hybridized carbons (Fsp3) is 0.259. The van der Waals surface area contributed by atoms with Crippen LogP contribution >= 0.6 is 0 Å². The third-order valence-corrected chi connectivity index (χ3v) is 6.66. The number of amides is 1. The van der Waals surface area contributed by atoms with Gasteiger partial charge in [-0.25, -0.2) is 13.8 Å². The van der Waals surface area contributed by atoms with E-state index in [0.717, 1.165) is 22.4 Å². The molecule has 0 heterocycles. The highest BCUT2D eigenvalue weighted by atomic mass is 32.2. The largest absolute Gasteiger partial charge is 0.489 e. The Kier molecular flexibility index (Phi) is 9.17. The zero-order valence-electron chi connectivity index (χ0n) is 20.1. The molecule has 2 N–H and O–H groups in total. The van der Waals surface area contributed by atoms with Gasteiger partial charge >= 0.3 is 0 Å². The molecule has 8 heteroatoms. The van der Waals surface area contributed by atoms with Gasteiger partial charge in [0.25, 0.3) is 5.91 Å². The van der Waals surface area contributed by atoms with Crippen LogP contribution in [0.2, 0.25) is 0 Å². The molecular formula is C27H31N3O4S. The summed E-state index contributed by atoms with van der Waals surface area (Å²) in [6.45, 7) is 6.19. The van der Waals surface area contributed by atoms with Crippen LogP contribution in [0.1, 0.15) is 37.0 Å². The van der Waals surface area contributed by atoms with Crippen molar-refractivity contribution >= 4 is 22.1 Å². The van der Waals surface area contributed by atoms with E-state index in [1.807, 2.05) is 75.4 Å². The Balaban J connectivity index is 1.58. The van der Waals surface area contributed by atoms with E-state index in [1.165, 1.54) is 18.3 Å². The number of hydrogen-bond donors (Lipinski definition) is 2. The second kappa shape index (κ2) is 12.3. The molecule has 0 saturated heterocycles. The molecule has 1 atom stereocenters. The van der Waals surface area contributed by atoms with E-state index in [9.17, 15) is 13.2 Å². The van der Waals surface area contributed by atoms with Crippen molar-refractivity contribution in [2.24, 2.45) is 11.0 Å². The van der Waals surface area contributed by atoms with E-state index in [1.54, 1.807) is 12.1 Å². The summed E-state index contributed by atoms with van der Waals surface area (Å²) in [6, 6.07) is 22.7. The minimum atomic E-state index is -3.85. The van der Waals surface area contributed by atoms with E-state index in [2.05, 4.69) is 15.2 Å². The maximum Gasteiger partial charge on any atom is 0.258 e. The summed E-state index contributed by atoms with van der Waals surface area (Å²) < 4.78 is 33.8. The molecule has 0 bridgehead atoms. The third kappa shape index (κ3) is 8.35. The smallest absolute Gasteiger partial charge is 0.258 e. The fourth-order valence-corrected chi connectivity index (χ4v) is 4.50. The summed E-state index contributed by atoms with van der Waals surface area (Å²) in [5.74, 6) is 0.296. The van der Waals surface area contributed by atoms with E-state index < -0.39 is 22.0 Å². The molecule has 0 saturated carbocycles. The normalized spacial score (nSPS) is 12.6. The van der Waals surface area contributed by atoms with Crippen molar-refractivity contribution in [1.82, 2.24) is 10.1 Å². The fourth-order valence-electron chi connectivity index (χ4n) is 3.29. The Morgan fingerprint density at radius 1 is 0.971 bits per heavy atom. The Morgan fingerprint density at radius 3 is 2.26 bits per heavy atom. The summed E-state index contributed by atoms with van der Waals surface area (Å²) in [6.07, 6.45) is 1.83. The number of ether oxygens (including phenoxy) is 1. The standard InChI is InChI=1S/C27H31N3O4S/c1-20(2)17-26(30-35(32,33)25-15-9-21(3)10-16-25)27(31)29-28-18-22-11-13-24(14-12-22)34-19-23-7-5-4-6-8-23/h4-16,18,20,26,30H,17,19H2,1-3H3,(H,29,31)/b28-18-/t26-/m0/s1. The SMILES string of the molecule is Cc1ccc(S(=O)(=O)N[C@@H](CC(C)C)C(=O)N/N=C\c2ccc(OCc3ccccc3)cc2)cc1. The molecular weight excluding hydrogens is 462 g/mol. The number of sulfonamides is 1. The predicted octanol–water partition coefficient (Wildman–Crippen LogP) is 4.42. The molecule has 1 amide bonds. The first-order chi connectivity index (χ1) is 16.7. The zero-order valence-corrected chi connectivity index (χ0v) is 21.0. The zero-order chi connectivity index (χ0) is 25.3. The summed E-state index contributed by atoms with van der Waals surface area (Å²) in [4.78, 5) is 12.8. The quantitative estimate of drug-likeness (QED) is 0.305. The molecule has 184 valence electrons. The van der Waals surface area contributed by atoms with Gasteiger partial charge in [0.15, 0.2) is 0 Å². The highest BCUT2D eigenvalue weighted by Crippen LogP contribution is 2.15. The van der Waals surface area contributed by atoms with Crippen LogP contribution in [-0.4, -0.2) is 26.6 Å². The molecule has 0 aliphatic heterocycles. The minimum absolute atomic E-state index is 0.0962. The Hall–Kier alpha value is -3.49. The number of carbonyl (C=O) groups excluding carboxylic acids is 1. The van der Waals surface area contributed by atoms with Gasteiger partial charge in [0.05, 0.1) is 11.1 Å². The van der Waals surface area contributed by atoms with E-state index >= 15 is 0 Å². The second-order valence-corrected chi connectivity index (χ2v) is 10.4. The lowest BCUT2D eigenvalue weighted by molar-refractivity contribution is -0.123. The summed E-state index contributed by atoms with van der Waals surface area (Å²) in [7, 11) is -3.85. The molecule has 3 aromatic rings. The van der Waals surface area contributed by atoms with Gasteiger partial charge in [-0.2, -0.15) is 9.82 Å². The average Bonchev–Trinajstić information content (AvgIpc) is 2.83. The predicted molar refractivity (Wildman–Crippen MR) is 138 cm³/mol. The molecule has 0 radical (unpaired) electrons. The number of nitrogens with zero attached hydrogens (tertiary/aromatic N) is 1. The molecule has 0 fully saturated rings. The Bertz CT molecular complexity index is 1220. The summed E-state index contributed by atoms with van der Waals surface area (Å²) in [5, 5.41) is 4.01.